The first-order chi connectivity index (χ1) is 15.9. The molecule has 0 bridgehead atoms. The molecule has 2 aromatic carbocycles. The van der Waals surface area contributed by atoms with Gasteiger partial charge in [0.2, 0.25) is 5.91 Å². The number of phenols is 1. The number of thioether (sulfide) groups is 1. The summed E-state index contributed by atoms with van der Waals surface area (Å²) in [6, 6.07) is 14.6. The van der Waals surface area contributed by atoms with Gasteiger partial charge in [-0.1, -0.05) is 11.6 Å². The fraction of sp³-hybridized carbons (Fsp3) is 0.320. The number of likely N-dealkylation sites (N-methyl/N-ethyl adjacent to an activating group) is 1. The second-order valence-electron chi connectivity index (χ2n) is 8.20. The Hall–Kier alpha value is -2.61. The largest absolute Gasteiger partial charge is 0.508 e. The molecule has 33 heavy (non-hydrogen) atoms. The topological polar surface area (TPSA) is 66.2 Å². The minimum atomic E-state index is -0.295. The van der Waals surface area contributed by atoms with Crippen molar-refractivity contribution in [1.82, 2.24) is 9.80 Å². The Labute approximate surface area is 203 Å². The molecular formula is C25H27ClN2O4S. The highest BCUT2D eigenvalue weighted by Crippen LogP contribution is 2.36. The number of rotatable bonds is 8. The number of hydrogen-bond donors (Lipinski definition) is 1. The first-order valence-electron chi connectivity index (χ1n) is 10.7. The van der Waals surface area contributed by atoms with Crippen LogP contribution in [-0.2, 0) is 17.9 Å². The molecule has 1 N–H and O–H groups in total. The molecule has 0 radical (unpaired) electrons. The Kier molecular flexibility index (Phi) is 7.53. The summed E-state index contributed by atoms with van der Waals surface area (Å²) in [6.07, 6.45) is 3.98. The molecule has 1 fully saturated rings. The van der Waals surface area contributed by atoms with E-state index in [2.05, 4.69) is 4.90 Å². The maximum atomic E-state index is 13.4. The summed E-state index contributed by atoms with van der Waals surface area (Å²) in [5, 5.41) is 11.1. The van der Waals surface area contributed by atoms with Crippen LogP contribution in [0.25, 0.3) is 0 Å². The van der Waals surface area contributed by atoms with Crippen LogP contribution in [0.3, 0.4) is 0 Å². The highest BCUT2D eigenvalue weighted by atomic mass is 35.5. The van der Waals surface area contributed by atoms with Gasteiger partial charge in [-0.15, -0.1) is 11.8 Å². The third-order valence-corrected chi connectivity index (χ3v) is 7.26. The predicted molar refractivity (Wildman–Crippen MR) is 130 cm³/mol. The van der Waals surface area contributed by atoms with E-state index in [1.165, 1.54) is 0 Å². The quantitative estimate of drug-likeness (QED) is 0.481. The molecule has 0 unspecified atom stereocenters. The molecule has 1 aromatic heterocycles. The summed E-state index contributed by atoms with van der Waals surface area (Å²) in [5.74, 6) is 1.05. The Morgan fingerprint density at radius 1 is 1.27 bits per heavy atom. The number of methoxy groups -OCH3 is 1. The average molecular weight is 487 g/mol. The lowest BCUT2D eigenvalue weighted by atomic mass is 10.1. The lowest BCUT2D eigenvalue weighted by Gasteiger charge is -2.28. The van der Waals surface area contributed by atoms with Crippen LogP contribution in [0.15, 0.2) is 70.4 Å². The summed E-state index contributed by atoms with van der Waals surface area (Å²) >= 11 is 7.92. The van der Waals surface area contributed by atoms with E-state index >= 15 is 0 Å². The molecule has 2 heterocycles. The van der Waals surface area contributed by atoms with Gasteiger partial charge in [-0.3, -0.25) is 9.69 Å². The van der Waals surface area contributed by atoms with Crippen LogP contribution in [0.4, 0.5) is 0 Å². The maximum absolute atomic E-state index is 13.4. The van der Waals surface area contributed by atoms with Crippen LogP contribution in [0, 0.1) is 0 Å². The molecule has 6 nitrogen and oxygen atoms in total. The SMILES string of the molecule is COc1ccc(S[C@@H]2C[C@@H](C(=O)N(C)Cc3ccoc3)N(Cc3cc(Cl)ccc3O)C2)cc1. The molecule has 0 saturated carbocycles. The molecule has 174 valence electrons. The minimum Gasteiger partial charge on any atom is -0.508 e. The van der Waals surface area contributed by atoms with Crippen molar-refractivity contribution in [2.45, 2.75) is 35.7 Å². The van der Waals surface area contributed by atoms with E-state index in [0.29, 0.717) is 30.1 Å². The Morgan fingerprint density at radius 3 is 2.76 bits per heavy atom. The van der Waals surface area contributed by atoms with Gasteiger partial charge in [0.05, 0.1) is 25.7 Å². The number of phenolic OH excluding ortho intramolecular Hbond substituents is 1. The standard InChI is InChI=1S/C25H27ClN2O4S/c1-27(13-17-9-10-32-16-17)25(30)23-12-22(33-21-6-4-20(31-2)5-7-21)15-28(23)14-18-11-19(26)3-8-24(18)29/h3-11,16,22-23,29H,12-15H2,1-2H3/t22-,23+/m1/s1. The van der Waals surface area contributed by atoms with Crippen LogP contribution in [0.1, 0.15) is 17.5 Å². The number of carbonyl (C=O) groups is 1. The third kappa shape index (κ3) is 5.85. The van der Waals surface area contributed by atoms with Crippen LogP contribution in [-0.4, -0.2) is 52.8 Å². The fourth-order valence-corrected chi connectivity index (χ4v) is 5.53. The number of carbonyl (C=O) groups excluding carboxylic acids is 1. The van der Waals surface area contributed by atoms with Gasteiger partial charge < -0.3 is 19.2 Å². The van der Waals surface area contributed by atoms with Crippen molar-refractivity contribution < 1.29 is 19.1 Å². The number of furan rings is 1. The number of likely N-dealkylation sites (tertiary alicyclic amines) is 1. The van der Waals surface area contributed by atoms with Crippen molar-refractivity contribution in [3.63, 3.8) is 0 Å². The second kappa shape index (κ2) is 10.5. The highest BCUT2D eigenvalue weighted by Gasteiger charge is 2.38. The predicted octanol–water partition coefficient (Wildman–Crippen LogP) is 5.04. The molecule has 4 rings (SSSR count). The number of hydrogen-bond acceptors (Lipinski definition) is 6. The fourth-order valence-electron chi connectivity index (χ4n) is 4.11. The maximum Gasteiger partial charge on any atom is 0.240 e. The second-order valence-corrected chi connectivity index (χ2v) is 10.0. The van der Waals surface area contributed by atoms with Crippen LogP contribution < -0.4 is 4.74 Å². The summed E-state index contributed by atoms with van der Waals surface area (Å²) in [4.78, 5) is 18.5. The Morgan fingerprint density at radius 2 is 2.06 bits per heavy atom. The average Bonchev–Trinajstić information content (AvgIpc) is 3.46. The van der Waals surface area contributed by atoms with E-state index < -0.39 is 0 Å². The van der Waals surface area contributed by atoms with Gasteiger partial charge in [-0.25, -0.2) is 0 Å². The molecule has 2 atom stereocenters. The molecule has 1 aliphatic rings. The van der Waals surface area contributed by atoms with Crippen molar-refractivity contribution in [3.8, 4) is 11.5 Å². The zero-order valence-electron chi connectivity index (χ0n) is 18.6. The van der Waals surface area contributed by atoms with Gasteiger partial charge in [-0.05, 0) is 55.0 Å². The van der Waals surface area contributed by atoms with Gasteiger partial charge in [0.25, 0.3) is 0 Å². The molecule has 1 amide bonds. The van der Waals surface area contributed by atoms with E-state index in [0.717, 1.165) is 22.8 Å². The van der Waals surface area contributed by atoms with E-state index in [1.807, 2.05) is 37.4 Å². The smallest absolute Gasteiger partial charge is 0.240 e. The summed E-state index contributed by atoms with van der Waals surface area (Å²) in [7, 11) is 3.47. The van der Waals surface area contributed by atoms with Crippen molar-refractivity contribution in [1.29, 1.82) is 0 Å². The van der Waals surface area contributed by atoms with E-state index in [1.54, 1.807) is 54.5 Å². The van der Waals surface area contributed by atoms with Crippen LogP contribution >= 0.6 is 23.4 Å². The monoisotopic (exact) mass is 486 g/mol. The van der Waals surface area contributed by atoms with E-state index in [-0.39, 0.29) is 22.9 Å². The number of amides is 1. The molecule has 8 heteroatoms. The molecule has 1 saturated heterocycles. The molecule has 0 spiro atoms. The lowest BCUT2D eigenvalue weighted by molar-refractivity contribution is -0.135. The first kappa shape index (κ1) is 23.5. The van der Waals surface area contributed by atoms with Gasteiger partial charge in [0.1, 0.15) is 11.5 Å². The van der Waals surface area contributed by atoms with Crippen molar-refractivity contribution >= 4 is 29.3 Å². The number of nitrogens with zero attached hydrogens (tertiary/aromatic N) is 2. The third-order valence-electron chi connectivity index (χ3n) is 5.80. The zero-order valence-corrected chi connectivity index (χ0v) is 20.2. The van der Waals surface area contributed by atoms with E-state index in [9.17, 15) is 9.90 Å². The zero-order chi connectivity index (χ0) is 23.4. The normalized spacial score (nSPS) is 18.4. The van der Waals surface area contributed by atoms with Crippen molar-refractivity contribution in [2.75, 3.05) is 20.7 Å². The van der Waals surface area contributed by atoms with Crippen molar-refractivity contribution in [3.05, 3.63) is 77.2 Å². The van der Waals surface area contributed by atoms with Crippen molar-refractivity contribution in [2.24, 2.45) is 0 Å². The van der Waals surface area contributed by atoms with Gasteiger partial charge in [0, 0.05) is 53.0 Å². The van der Waals surface area contributed by atoms with Gasteiger partial charge >= 0.3 is 0 Å². The molecule has 3 aromatic rings. The number of ether oxygens (including phenoxy) is 1. The summed E-state index contributed by atoms with van der Waals surface area (Å²) in [5.41, 5.74) is 1.67. The van der Waals surface area contributed by atoms with Gasteiger partial charge in [0.15, 0.2) is 0 Å². The van der Waals surface area contributed by atoms with Crippen LogP contribution in [0.5, 0.6) is 11.5 Å². The number of aromatic hydroxyl groups is 1. The first-order valence-corrected chi connectivity index (χ1v) is 12.0. The summed E-state index contributed by atoms with van der Waals surface area (Å²) in [6.45, 7) is 1.65. The summed E-state index contributed by atoms with van der Waals surface area (Å²) < 4.78 is 10.4. The Bertz CT molecular complexity index is 1070. The number of halogens is 1. The van der Waals surface area contributed by atoms with E-state index in [4.69, 9.17) is 20.8 Å². The van der Waals surface area contributed by atoms with Gasteiger partial charge in [-0.2, -0.15) is 0 Å². The molecular weight excluding hydrogens is 460 g/mol. The molecule has 0 aliphatic carbocycles. The molecule has 1 aliphatic heterocycles. The minimum absolute atomic E-state index is 0.0514. The highest BCUT2D eigenvalue weighted by molar-refractivity contribution is 8.00. The van der Waals surface area contributed by atoms with Crippen LogP contribution in [0.2, 0.25) is 5.02 Å². The number of benzene rings is 2. The Balaban J connectivity index is 1.51. The lowest BCUT2D eigenvalue weighted by Crippen LogP contribution is -2.43.